The van der Waals surface area contributed by atoms with E-state index in [4.69, 9.17) is 0 Å². The van der Waals surface area contributed by atoms with Crippen LogP contribution in [0.15, 0.2) is 0 Å². The van der Waals surface area contributed by atoms with Crippen molar-refractivity contribution in [2.75, 3.05) is 6.61 Å². The highest BCUT2D eigenvalue weighted by molar-refractivity contribution is 7.82. The Bertz CT molecular complexity index is 624. The molecule has 1 aromatic carbocycles. The van der Waals surface area contributed by atoms with Gasteiger partial charge in [0.25, 0.3) is 0 Å². The van der Waals surface area contributed by atoms with Crippen LogP contribution in [0, 0.1) is 29.1 Å². The van der Waals surface area contributed by atoms with E-state index in [1.165, 1.54) is 0 Å². The van der Waals surface area contributed by atoms with Crippen molar-refractivity contribution in [3.8, 4) is 5.75 Å². The third kappa shape index (κ3) is 4.17. The summed E-state index contributed by atoms with van der Waals surface area (Å²) in [6, 6.07) is 0. The summed E-state index contributed by atoms with van der Waals surface area (Å²) in [6.45, 7) is -2.43. The topological polar surface area (TPSA) is 52.6 Å². The standard InChI is InChI=1S/C8H2F8O4S/c9-2-3(10)5(12)7(6(13)4(2)11)20-21(17,18)19-1-8(14,15)16/h1H2. The summed E-state index contributed by atoms with van der Waals surface area (Å²) in [5.74, 6) is -15.4. The van der Waals surface area contributed by atoms with Crippen LogP contribution in [0.3, 0.4) is 0 Å². The SMILES string of the molecule is O=S(=O)(OCC(F)(F)F)Oc1c(F)c(F)c(F)c(F)c1F. The second-order valence-electron chi connectivity index (χ2n) is 3.27. The van der Waals surface area contributed by atoms with Gasteiger partial charge in [0.1, 0.15) is 0 Å². The summed E-state index contributed by atoms with van der Waals surface area (Å²) < 4.78 is 127. The highest BCUT2D eigenvalue weighted by atomic mass is 32.3. The summed E-state index contributed by atoms with van der Waals surface area (Å²) in [5, 5.41) is 0. The first-order valence-electron chi connectivity index (χ1n) is 4.52. The average molecular weight is 346 g/mol. The number of halogens is 8. The van der Waals surface area contributed by atoms with Crippen LogP contribution in [0.5, 0.6) is 5.75 Å². The molecule has 13 heteroatoms. The van der Waals surface area contributed by atoms with E-state index in [-0.39, 0.29) is 0 Å². The van der Waals surface area contributed by atoms with E-state index in [1.807, 2.05) is 0 Å². The third-order valence-electron chi connectivity index (χ3n) is 1.72. The van der Waals surface area contributed by atoms with Crippen molar-refractivity contribution in [3.63, 3.8) is 0 Å². The van der Waals surface area contributed by atoms with E-state index in [9.17, 15) is 43.5 Å². The van der Waals surface area contributed by atoms with Gasteiger partial charge in [-0.2, -0.15) is 30.4 Å². The molecule has 21 heavy (non-hydrogen) atoms. The fourth-order valence-corrected chi connectivity index (χ4v) is 1.60. The molecule has 0 spiro atoms. The molecule has 0 saturated heterocycles. The van der Waals surface area contributed by atoms with Crippen LogP contribution in [0.4, 0.5) is 35.1 Å². The van der Waals surface area contributed by atoms with Crippen LogP contribution in [0.1, 0.15) is 0 Å². The highest BCUT2D eigenvalue weighted by Gasteiger charge is 2.34. The van der Waals surface area contributed by atoms with Gasteiger partial charge in [0, 0.05) is 0 Å². The molecular formula is C8H2F8O4S. The molecule has 1 rings (SSSR count). The van der Waals surface area contributed by atoms with Gasteiger partial charge in [-0.1, -0.05) is 0 Å². The Hall–Kier alpha value is -1.63. The fraction of sp³-hybridized carbons (Fsp3) is 0.250. The summed E-state index contributed by atoms with van der Waals surface area (Å²) in [7, 11) is -5.71. The van der Waals surface area contributed by atoms with Gasteiger partial charge in [-0.15, -0.1) is 0 Å². The molecule has 0 bridgehead atoms. The Balaban J connectivity index is 3.14. The quantitative estimate of drug-likeness (QED) is 0.478. The monoisotopic (exact) mass is 346 g/mol. The fourth-order valence-electron chi connectivity index (χ4n) is 0.923. The average Bonchev–Trinajstić information content (AvgIpc) is 2.36. The van der Waals surface area contributed by atoms with Gasteiger partial charge in [0.15, 0.2) is 6.61 Å². The lowest BCUT2D eigenvalue weighted by atomic mass is 10.3. The largest absolute Gasteiger partial charge is 0.449 e. The molecule has 0 radical (unpaired) electrons. The zero-order valence-corrected chi connectivity index (χ0v) is 10.1. The lowest BCUT2D eigenvalue weighted by Gasteiger charge is -2.11. The summed E-state index contributed by atoms with van der Waals surface area (Å²) in [6.07, 6.45) is -5.15. The number of hydrogen-bond acceptors (Lipinski definition) is 4. The number of hydrogen-bond donors (Lipinski definition) is 0. The Morgan fingerprint density at radius 3 is 1.57 bits per heavy atom. The van der Waals surface area contributed by atoms with Crippen molar-refractivity contribution in [1.82, 2.24) is 0 Å². The Labute approximate surface area is 111 Å². The minimum atomic E-state index is -5.71. The smallest absolute Gasteiger partial charge is 0.355 e. The van der Waals surface area contributed by atoms with Crippen LogP contribution in [0.25, 0.3) is 0 Å². The van der Waals surface area contributed by atoms with Crippen LogP contribution in [-0.2, 0) is 14.6 Å². The highest BCUT2D eigenvalue weighted by Crippen LogP contribution is 2.30. The maximum atomic E-state index is 13.0. The van der Waals surface area contributed by atoms with Crippen molar-refractivity contribution in [2.24, 2.45) is 0 Å². The minimum Gasteiger partial charge on any atom is -0.355 e. The van der Waals surface area contributed by atoms with E-state index >= 15 is 0 Å². The maximum Gasteiger partial charge on any atom is 0.449 e. The van der Waals surface area contributed by atoms with E-state index < -0.39 is 58.0 Å². The first-order chi connectivity index (χ1) is 9.36. The summed E-state index contributed by atoms with van der Waals surface area (Å²) >= 11 is 0. The molecular weight excluding hydrogens is 344 g/mol. The Kier molecular flexibility index (Phi) is 4.67. The predicted molar refractivity (Wildman–Crippen MR) is 47.8 cm³/mol. The third-order valence-corrected chi connectivity index (χ3v) is 2.50. The number of benzene rings is 1. The maximum absolute atomic E-state index is 13.0. The second kappa shape index (κ2) is 5.63. The molecule has 0 aromatic heterocycles. The van der Waals surface area contributed by atoms with Gasteiger partial charge >= 0.3 is 16.6 Å². The number of alkyl halides is 3. The van der Waals surface area contributed by atoms with Crippen molar-refractivity contribution < 1.29 is 51.9 Å². The van der Waals surface area contributed by atoms with Crippen LogP contribution < -0.4 is 4.18 Å². The second-order valence-corrected chi connectivity index (χ2v) is 4.49. The zero-order chi connectivity index (χ0) is 16.6. The van der Waals surface area contributed by atoms with E-state index in [1.54, 1.807) is 0 Å². The Morgan fingerprint density at radius 1 is 0.810 bits per heavy atom. The normalized spacial score (nSPS) is 12.6. The number of rotatable bonds is 4. The first kappa shape index (κ1) is 17.4. The van der Waals surface area contributed by atoms with Gasteiger partial charge in [-0.25, -0.2) is 17.4 Å². The summed E-state index contributed by atoms with van der Waals surface area (Å²) in [4.78, 5) is 0. The molecule has 0 unspecified atom stereocenters. The zero-order valence-electron chi connectivity index (χ0n) is 9.27. The lowest BCUT2D eigenvalue weighted by Crippen LogP contribution is -2.24. The molecule has 0 N–H and O–H groups in total. The van der Waals surface area contributed by atoms with Crippen molar-refractivity contribution in [2.45, 2.75) is 6.18 Å². The molecule has 0 aliphatic heterocycles. The molecule has 4 nitrogen and oxygen atoms in total. The van der Waals surface area contributed by atoms with E-state index in [2.05, 4.69) is 8.37 Å². The minimum absolute atomic E-state index is 2.31. The van der Waals surface area contributed by atoms with Gasteiger partial charge in [0.05, 0.1) is 0 Å². The summed E-state index contributed by atoms with van der Waals surface area (Å²) in [5.41, 5.74) is 0. The predicted octanol–water partition coefficient (Wildman–Crippen LogP) is 2.58. The molecule has 0 aliphatic carbocycles. The molecule has 0 heterocycles. The van der Waals surface area contributed by atoms with Crippen LogP contribution >= 0.6 is 0 Å². The molecule has 0 saturated carbocycles. The van der Waals surface area contributed by atoms with Gasteiger partial charge < -0.3 is 4.18 Å². The van der Waals surface area contributed by atoms with Crippen molar-refractivity contribution >= 4 is 10.4 Å². The van der Waals surface area contributed by atoms with Crippen molar-refractivity contribution in [3.05, 3.63) is 29.1 Å². The van der Waals surface area contributed by atoms with Crippen molar-refractivity contribution in [1.29, 1.82) is 0 Å². The molecule has 0 atom stereocenters. The molecule has 1 aromatic rings. The van der Waals surface area contributed by atoms with E-state index in [0.717, 1.165) is 0 Å². The van der Waals surface area contributed by atoms with Crippen LogP contribution in [-0.4, -0.2) is 21.2 Å². The lowest BCUT2D eigenvalue weighted by molar-refractivity contribution is -0.153. The molecule has 120 valence electrons. The van der Waals surface area contributed by atoms with Gasteiger partial charge in [-0.05, 0) is 0 Å². The van der Waals surface area contributed by atoms with E-state index in [0.29, 0.717) is 0 Å². The first-order valence-corrected chi connectivity index (χ1v) is 5.86. The van der Waals surface area contributed by atoms with Gasteiger partial charge in [-0.3, -0.25) is 0 Å². The Morgan fingerprint density at radius 2 is 1.19 bits per heavy atom. The molecule has 0 amide bonds. The van der Waals surface area contributed by atoms with Gasteiger partial charge in [0.2, 0.25) is 34.8 Å². The van der Waals surface area contributed by atoms with Crippen LogP contribution in [0.2, 0.25) is 0 Å². The molecule has 0 aliphatic rings. The molecule has 0 fully saturated rings.